The molecule has 0 aliphatic carbocycles. The highest BCUT2D eigenvalue weighted by atomic mass is 16.5. The predicted molar refractivity (Wildman–Crippen MR) is 81.8 cm³/mol. The zero-order valence-electron chi connectivity index (χ0n) is 12.5. The Kier molecular flexibility index (Phi) is 3.17. The lowest BCUT2D eigenvalue weighted by Gasteiger charge is -2.23. The fourth-order valence-corrected chi connectivity index (χ4v) is 2.98. The standard InChI is InChI=1S/C18H20O2/c1-11-7-13(3)17-15(9-11)16-10-12(2)8-14(4)18(16)20-6-5-19-17/h7-10H,5-6H2,1-4H3. The van der Waals surface area contributed by atoms with E-state index in [9.17, 15) is 0 Å². The third-order valence-electron chi connectivity index (χ3n) is 3.70. The Labute approximate surface area is 120 Å². The third kappa shape index (κ3) is 2.15. The Balaban J connectivity index is 2.34. The van der Waals surface area contributed by atoms with Crippen LogP contribution in [0.3, 0.4) is 0 Å². The summed E-state index contributed by atoms with van der Waals surface area (Å²) in [6, 6.07) is 8.72. The summed E-state index contributed by atoms with van der Waals surface area (Å²) in [6.45, 7) is 9.63. The van der Waals surface area contributed by atoms with Crippen molar-refractivity contribution in [2.75, 3.05) is 13.2 Å². The smallest absolute Gasteiger partial charge is 0.130 e. The average molecular weight is 268 g/mol. The Morgan fingerprint density at radius 1 is 0.650 bits per heavy atom. The van der Waals surface area contributed by atoms with Gasteiger partial charge in [0.05, 0.1) is 0 Å². The van der Waals surface area contributed by atoms with Crippen molar-refractivity contribution in [3.05, 3.63) is 46.5 Å². The molecule has 0 saturated heterocycles. The van der Waals surface area contributed by atoms with Crippen LogP contribution < -0.4 is 9.47 Å². The molecule has 0 amide bonds. The zero-order valence-corrected chi connectivity index (χ0v) is 12.5. The van der Waals surface area contributed by atoms with Crippen molar-refractivity contribution in [1.82, 2.24) is 0 Å². The van der Waals surface area contributed by atoms with Crippen molar-refractivity contribution < 1.29 is 9.47 Å². The van der Waals surface area contributed by atoms with Gasteiger partial charge in [-0.15, -0.1) is 0 Å². The van der Waals surface area contributed by atoms with E-state index in [0.29, 0.717) is 13.2 Å². The van der Waals surface area contributed by atoms with Gasteiger partial charge in [0.15, 0.2) is 0 Å². The van der Waals surface area contributed by atoms with Crippen molar-refractivity contribution in [2.45, 2.75) is 27.7 Å². The molecule has 0 unspecified atom stereocenters. The molecule has 0 saturated carbocycles. The van der Waals surface area contributed by atoms with E-state index >= 15 is 0 Å². The first-order valence-corrected chi connectivity index (χ1v) is 7.04. The number of hydrogen-bond acceptors (Lipinski definition) is 2. The highest BCUT2D eigenvalue weighted by Crippen LogP contribution is 2.42. The number of rotatable bonds is 0. The Hall–Kier alpha value is -1.96. The first-order valence-electron chi connectivity index (χ1n) is 7.04. The van der Waals surface area contributed by atoms with Crippen LogP contribution in [-0.4, -0.2) is 13.2 Å². The van der Waals surface area contributed by atoms with Crippen LogP contribution in [-0.2, 0) is 0 Å². The zero-order chi connectivity index (χ0) is 14.3. The molecule has 104 valence electrons. The highest BCUT2D eigenvalue weighted by Gasteiger charge is 2.19. The number of hydrogen-bond donors (Lipinski definition) is 0. The molecule has 0 bridgehead atoms. The summed E-state index contributed by atoms with van der Waals surface area (Å²) < 4.78 is 11.9. The van der Waals surface area contributed by atoms with E-state index in [0.717, 1.165) is 22.6 Å². The summed E-state index contributed by atoms with van der Waals surface area (Å²) in [5, 5.41) is 0. The third-order valence-corrected chi connectivity index (χ3v) is 3.70. The van der Waals surface area contributed by atoms with Crippen molar-refractivity contribution in [1.29, 1.82) is 0 Å². The Morgan fingerprint density at radius 3 is 1.45 bits per heavy atom. The van der Waals surface area contributed by atoms with Gasteiger partial charge < -0.3 is 9.47 Å². The van der Waals surface area contributed by atoms with Gasteiger partial charge in [-0.1, -0.05) is 12.1 Å². The number of fused-ring (bicyclic) bond motifs is 3. The molecule has 0 spiro atoms. The molecule has 0 radical (unpaired) electrons. The lowest BCUT2D eigenvalue weighted by atomic mass is 9.95. The molecule has 1 aliphatic rings. The molecule has 2 nitrogen and oxygen atoms in total. The van der Waals surface area contributed by atoms with Crippen LogP contribution in [0.25, 0.3) is 11.1 Å². The van der Waals surface area contributed by atoms with Crippen molar-refractivity contribution in [3.63, 3.8) is 0 Å². The van der Waals surface area contributed by atoms with Gasteiger partial charge in [-0.05, 0) is 62.1 Å². The lowest BCUT2D eigenvalue weighted by Crippen LogP contribution is -2.14. The Morgan fingerprint density at radius 2 is 1.05 bits per heavy atom. The minimum Gasteiger partial charge on any atom is -0.489 e. The van der Waals surface area contributed by atoms with Crippen LogP contribution >= 0.6 is 0 Å². The van der Waals surface area contributed by atoms with Crippen molar-refractivity contribution in [3.8, 4) is 22.6 Å². The molecule has 3 rings (SSSR count). The van der Waals surface area contributed by atoms with Gasteiger partial charge in [0.1, 0.15) is 24.7 Å². The van der Waals surface area contributed by atoms with E-state index in [1.54, 1.807) is 0 Å². The second kappa shape index (κ2) is 4.86. The fraction of sp³-hybridized carbons (Fsp3) is 0.333. The maximum absolute atomic E-state index is 5.93. The minimum absolute atomic E-state index is 0.587. The topological polar surface area (TPSA) is 18.5 Å². The Bertz CT molecular complexity index is 612. The van der Waals surface area contributed by atoms with E-state index in [-0.39, 0.29) is 0 Å². The van der Waals surface area contributed by atoms with E-state index in [2.05, 4.69) is 52.0 Å². The molecule has 1 aliphatic heterocycles. The van der Waals surface area contributed by atoms with Gasteiger partial charge in [0.2, 0.25) is 0 Å². The molecule has 2 aromatic rings. The molecule has 0 fully saturated rings. The maximum atomic E-state index is 5.93. The second-order valence-corrected chi connectivity index (χ2v) is 5.61. The SMILES string of the molecule is Cc1cc(C)c2c(c1)-c1cc(C)cc(C)c1OCCO2. The molecule has 0 aromatic heterocycles. The molecule has 20 heavy (non-hydrogen) atoms. The van der Waals surface area contributed by atoms with Gasteiger partial charge in [-0.2, -0.15) is 0 Å². The van der Waals surface area contributed by atoms with Gasteiger partial charge in [-0.25, -0.2) is 0 Å². The summed E-state index contributed by atoms with van der Waals surface area (Å²) in [7, 11) is 0. The van der Waals surface area contributed by atoms with Crippen LogP contribution in [0.15, 0.2) is 24.3 Å². The molecule has 1 heterocycles. The van der Waals surface area contributed by atoms with Crippen LogP contribution in [0.2, 0.25) is 0 Å². The van der Waals surface area contributed by atoms with Gasteiger partial charge in [0, 0.05) is 11.1 Å². The van der Waals surface area contributed by atoms with E-state index in [1.165, 1.54) is 22.3 Å². The van der Waals surface area contributed by atoms with Crippen molar-refractivity contribution >= 4 is 0 Å². The molecule has 2 heteroatoms. The maximum Gasteiger partial charge on any atom is 0.130 e. The lowest BCUT2D eigenvalue weighted by molar-refractivity contribution is 0.212. The summed E-state index contributed by atoms with van der Waals surface area (Å²) in [6.07, 6.45) is 0. The molecular weight excluding hydrogens is 248 g/mol. The van der Waals surface area contributed by atoms with Gasteiger partial charge >= 0.3 is 0 Å². The van der Waals surface area contributed by atoms with Crippen LogP contribution in [0.4, 0.5) is 0 Å². The van der Waals surface area contributed by atoms with E-state index in [1.807, 2.05) is 0 Å². The normalized spacial score (nSPS) is 13.4. The van der Waals surface area contributed by atoms with Crippen molar-refractivity contribution in [2.24, 2.45) is 0 Å². The highest BCUT2D eigenvalue weighted by molar-refractivity contribution is 5.79. The minimum atomic E-state index is 0.587. The molecule has 0 atom stereocenters. The van der Waals surface area contributed by atoms with Crippen LogP contribution in [0.1, 0.15) is 22.3 Å². The summed E-state index contributed by atoms with van der Waals surface area (Å²) in [5.74, 6) is 1.98. The second-order valence-electron chi connectivity index (χ2n) is 5.61. The molecular formula is C18H20O2. The monoisotopic (exact) mass is 268 g/mol. The number of aryl methyl sites for hydroxylation is 4. The number of benzene rings is 2. The first-order chi connectivity index (χ1) is 9.56. The van der Waals surface area contributed by atoms with E-state index < -0.39 is 0 Å². The van der Waals surface area contributed by atoms with Gasteiger partial charge in [0.25, 0.3) is 0 Å². The summed E-state index contributed by atoms with van der Waals surface area (Å²) in [5.41, 5.74) is 7.15. The van der Waals surface area contributed by atoms with Gasteiger partial charge in [-0.3, -0.25) is 0 Å². The number of ether oxygens (including phenoxy) is 2. The summed E-state index contributed by atoms with van der Waals surface area (Å²) >= 11 is 0. The van der Waals surface area contributed by atoms with Crippen LogP contribution in [0.5, 0.6) is 11.5 Å². The summed E-state index contributed by atoms with van der Waals surface area (Å²) in [4.78, 5) is 0. The fourth-order valence-electron chi connectivity index (χ4n) is 2.98. The molecule has 2 aromatic carbocycles. The largest absolute Gasteiger partial charge is 0.489 e. The van der Waals surface area contributed by atoms with Crippen LogP contribution in [0, 0.1) is 27.7 Å². The van der Waals surface area contributed by atoms with E-state index in [4.69, 9.17) is 9.47 Å². The average Bonchev–Trinajstić information content (AvgIpc) is 2.34. The predicted octanol–water partition coefficient (Wildman–Crippen LogP) is 4.36. The quantitative estimate of drug-likeness (QED) is 0.707. The first kappa shape index (κ1) is 13.0. The molecule has 0 N–H and O–H groups in total.